The molecule has 0 atom stereocenters. The van der Waals surface area contributed by atoms with E-state index in [9.17, 15) is 4.79 Å². The van der Waals surface area contributed by atoms with Gasteiger partial charge >= 0.3 is 5.97 Å². The van der Waals surface area contributed by atoms with Gasteiger partial charge in [0.1, 0.15) is 12.4 Å². The summed E-state index contributed by atoms with van der Waals surface area (Å²) in [6, 6.07) is 8.22. The number of hydrogen-bond acceptors (Lipinski definition) is 4. The Bertz CT molecular complexity index is 387. The number of rotatable bonds is 7. The quantitative estimate of drug-likeness (QED) is 0.709. The van der Waals surface area contributed by atoms with Crippen LogP contribution in [-0.2, 0) is 9.53 Å². The van der Waals surface area contributed by atoms with E-state index in [1.165, 1.54) is 12.7 Å². The number of aryl methyl sites for hydroxylation is 1. The summed E-state index contributed by atoms with van der Waals surface area (Å²) in [5.74, 6) is 0.636. The van der Waals surface area contributed by atoms with Crippen LogP contribution >= 0.6 is 0 Å². The first-order chi connectivity index (χ1) is 9.02. The number of ether oxygens (including phenoxy) is 2. The Morgan fingerprint density at radius 3 is 2.42 bits per heavy atom. The van der Waals surface area contributed by atoms with Crippen LogP contribution in [-0.4, -0.2) is 43.7 Å². The summed E-state index contributed by atoms with van der Waals surface area (Å²) in [6.45, 7) is 7.69. The molecule has 0 spiro atoms. The zero-order valence-electron chi connectivity index (χ0n) is 12.2. The molecule has 0 saturated heterocycles. The molecule has 106 valence electrons. The van der Waals surface area contributed by atoms with Gasteiger partial charge in [-0.15, -0.1) is 0 Å². The van der Waals surface area contributed by atoms with Gasteiger partial charge in [0.15, 0.2) is 0 Å². The van der Waals surface area contributed by atoms with Crippen LogP contribution in [0.2, 0.25) is 0 Å². The molecular weight excluding hydrogens is 242 g/mol. The Balaban J connectivity index is 2.39. The van der Waals surface area contributed by atoms with Crippen molar-refractivity contribution in [2.45, 2.75) is 26.8 Å². The highest BCUT2D eigenvalue weighted by Gasteiger charge is 2.14. The fourth-order valence-electron chi connectivity index (χ4n) is 1.67. The maximum absolute atomic E-state index is 11.3. The molecule has 4 heteroatoms. The molecule has 0 aliphatic rings. The van der Waals surface area contributed by atoms with Crippen LogP contribution in [0.25, 0.3) is 0 Å². The molecule has 1 aromatic rings. The zero-order valence-corrected chi connectivity index (χ0v) is 12.2. The Labute approximate surface area is 115 Å². The molecule has 0 aliphatic carbocycles. The molecule has 0 aromatic heterocycles. The molecule has 0 amide bonds. The molecule has 0 radical (unpaired) electrons. The van der Waals surface area contributed by atoms with E-state index in [1.807, 2.05) is 36.1 Å². The van der Waals surface area contributed by atoms with Crippen molar-refractivity contribution in [1.82, 2.24) is 4.90 Å². The summed E-state index contributed by atoms with van der Waals surface area (Å²) in [5.41, 5.74) is 1.21. The molecule has 4 nitrogen and oxygen atoms in total. The Kier molecular flexibility index (Phi) is 6.36. The van der Waals surface area contributed by atoms with Crippen molar-refractivity contribution < 1.29 is 14.3 Å². The largest absolute Gasteiger partial charge is 0.492 e. The fourth-order valence-corrected chi connectivity index (χ4v) is 1.67. The smallest absolute Gasteiger partial charge is 0.319 e. The SMILES string of the molecule is COC(=O)CN(CCOc1ccc(C)cc1)C(C)C. The average Bonchev–Trinajstić information content (AvgIpc) is 2.39. The lowest BCUT2D eigenvalue weighted by Crippen LogP contribution is -2.38. The van der Waals surface area contributed by atoms with Gasteiger partial charge in [-0.25, -0.2) is 0 Å². The van der Waals surface area contributed by atoms with E-state index in [-0.39, 0.29) is 12.0 Å². The highest BCUT2D eigenvalue weighted by atomic mass is 16.5. The first kappa shape index (κ1) is 15.5. The van der Waals surface area contributed by atoms with Crippen LogP contribution in [0.5, 0.6) is 5.75 Å². The highest BCUT2D eigenvalue weighted by Crippen LogP contribution is 2.11. The van der Waals surface area contributed by atoms with Crippen molar-refractivity contribution in [3.05, 3.63) is 29.8 Å². The minimum Gasteiger partial charge on any atom is -0.492 e. The zero-order chi connectivity index (χ0) is 14.3. The third-order valence-corrected chi connectivity index (χ3v) is 2.96. The van der Waals surface area contributed by atoms with Crippen LogP contribution in [0.3, 0.4) is 0 Å². The van der Waals surface area contributed by atoms with Crippen molar-refractivity contribution in [2.24, 2.45) is 0 Å². The number of carbonyl (C=O) groups excluding carboxylic acids is 1. The lowest BCUT2D eigenvalue weighted by molar-refractivity contribution is -0.142. The van der Waals surface area contributed by atoms with Gasteiger partial charge in [-0.2, -0.15) is 0 Å². The third-order valence-electron chi connectivity index (χ3n) is 2.96. The minimum atomic E-state index is -0.218. The van der Waals surface area contributed by atoms with Crippen LogP contribution < -0.4 is 4.74 Å². The predicted octanol–water partition coefficient (Wildman–Crippen LogP) is 2.26. The summed E-state index contributed by atoms with van der Waals surface area (Å²) < 4.78 is 10.4. The van der Waals surface area contributed by atoms with Gasteiger partial charge in [-0.05, 0) is 32.9 Å². The lowest BCUT2D eigenvalue weighted by Gasteiger charge is -2.24. The second kappa shape index (κ2) is 7.79. The van der Waals surface area contributed by atoms with Crippen molar-refractivity contribution in [3.63, 3.8) is 0 Å². The van der Waals surface area contributed by atoms with Crippen molar-refractivity contribution in [1.29, 1.82) is 0 Å². The molecule has 0 heterocycles. The maximum atomic E-state index is 11.3. The number of nitrogens with zero attached hydrogens (tertiary/aromatic N) is 1. The Morgan fingerprint density at radius 2 is 1.89 bits per heavy atom. The molecule has 0 N–H and O–H groups in total. The van der Waals surface area contributed by atoms with Crippen LogP contribution in [0, 0.1) is 6.92 Å². The summed E-state index contributed by atoms with van der Waals surface area (Å²) in [6.07, 6.45) is 0. The van der Waals surface area contributed by atoms with Gasteiger partial charge in [0.25, 0.3) is 0 Å². The predicted molar refractivity (Wildman–Crippen MR) is 75.4 cm³/mol. The van der Waals surface area contributed by atoms with Gasteiger partial charge in [-0.3, -0.25) is 9.69 Å². The molecule has 0 aliphatic heterocycles. The van der Waals surface area contributed by atoms with Crippen molar-refractivity contribution >= 4 is 5.97 Å². The second-order valence-electron chi connectivity index (χ2n) is 4.80. The fraction of sp³-hybridized carbons (Fsp3) is 0.533. The molecule has 0 fully saturated rings. The Hall–Kier alpha value is -1.55. The molecule has 0 bridgehead atoms. The highest BCUT2D eigenvalue weighted by molar-refractivity contribution is 5.71. The summed E-state index contributed by atoms with van der Waals surface area (Å²) >= 11 is 0. The molecule has 1 rings (SSSR count). The van der Waals surface area contributed by atoms with E-state index in [2.05, 4.69) is 18.6 Å². The van der Waals surface area contributed by atoms with Gasteiger partial charge in [-0.1, -0.05) is 17.7 Å². The number of hydrogen-bond donors (Lipinski definition) is 0. The first-order valence-electron chi connectivity index (χ1n) is 6.53. The minimum absolute atomic E-state index is 0.218. The molecule has 19 heavy (non-hydrogen) atoms. The monoisotopic (exact) mass is 265 g/mol. The van der Waals surface area contributed by atoms with Crippen LogP contribution in [0.15, 0.2) is 24.3 Å². The van der Waals surface area contributed by atoms with Crippen molar-refractivity contribution in [2.75, 3.05) is 26.8 Å². The third kappa shape index (κ3) is 5.75. The van der Waals surface area contributed by atoms with Gasteiger partial charge in [0, 0.05) is 12.6 Å². The normalized spacial score (nSPS) is 10.8. The summed E-state index contributed by atoms with van der Waals surface area (Å²) in [7, 11) is 1.41. The number of carbonyl (C=O) groups is 1. The van der Waals surface area contributed by atoms with Gasteiger partial charge in [0.05, 0.1) is 13.7 Å². The molecule has 0 saturated carbocycles. The summed E-state index contributed by atoms with van der Waals surface area (Å²) in [4.78, 5) is 13.3. The maximum Gasteiger partial charge on any atom is 0.319 e. The lowest BCUT2D eigenvalue weighted by atomic mass is 10.2. The second-order valence-corrected chi connectivity index (χ2v) is 4.80. The first-order valence-corrected chi connectivity index (χ1v) is 6.53. The molecule has 1 aromatic carbocycles. The Morgan fingerprint density at radius 1 is 1.26 bits per heavy atom. The van der Waals surface area contributed by atoms with E-state index in [0.29, 0.717) is 19.7 Å². The molecule has 0 unspecified atom stereocenters. The van der Waals surface area contributed by atoms with Gasteiger partial charge < -0.3 is 9.47 Å². The van der Waals surface area contributed by atoms with E-state index >= 15 is 0 Å². The van der Waals surface area contributed by atoms with Crippen LogP contribution in [0.1, 0.15) is 19.4 Å². The standard InChI is InChI=1S/C15H23NO3/c1-12(2)16(11-15(17)18-4)9-10-19-14-7-5-13(3)6-8-14/h5-8,12H,9-11H2,1-4H3. The number of methoxy groups -OCH3 is 1. The van der Waals surface area contributed by atoms with E-state index in [1.54, 1.807) is 0 Å². The van der Waals surface area contributed by atoms with Crippen molar-refractivity contribution in [3.8, 4) is 5.75 Å². The topological polar surface area (TPSA) is 38.8 Å². The molecular formula is C15H23NO3. The van der Waals surface area contributed by atoms with Crippen LogP contribution in [0.4, 0.5) is 0 Å². The summed E-state index contributed by atoms with van der Waals surface area (Å²) in [5, 5.41) is 0. The average molecular weight is 265 g/mol. The number of benzene rings is 1. The van der Waals surface area contributed by atoms with E-state index in [0.717, 1.165) is 5.75 Å². The number of esters is 1. The van der Waals surface area contributed by atoms with E-state index in [4.69, 9.17) is 4.74 Å². The van der Waals surface area contributed by atoms with Gasteiger partial charge in [0.2, 0.25) is 0 Å². The van der Waals surface area contributed by atoms with E-state index < -0.39 is 0 Å².